The van der Waals surface area contributed by atoms with Crippen LogP contribution in [0.25, 0.3) is 0 Å². The molecule has 0 aliphatic rings. The molecule has 0 aliphatic heterocycles. The standard InChI is InChI=1S/C19H18N2O2S/c22-18-19(23)21(13-7-10-15-8-3-1-4-9-15)14-17(20-18)24-16-11-5-2-6-12-16/h1-6,8-9,11-12,14H,7,10,13H2,(H,20,22). The van der Waals surface area contributed by atoms with E-state index in [9.17, 15) is 9.59 Å². The topological polar surface area (TPSA) is 54.9 Å². The molecule has 1 aromatic heterocycles. The van der Waals surface area contributed by atoms with Crippen LogP contribution in [0, 0.1) is 0 Å². The van der Waals surface area contributed by atoms with Crippen molar-refractivity contribution in [1.82, 2.24) is 9.55 Å². The van der Waals surface area contributed by atoms with E-state index < -0.39 is 11.1 Å². The van der Waals surface area contributed by atoms with Crippen molar-refractivity contribution in [2.75, 3.05) is 0 Å². The van der Waals surface area contributed by atoms with Gasteiger partial charge in [-0.2, -0.15) is 0 Å². The SMILES string of the molecule is O=c1[nH]c(Sc2ccccc2)cn(CCCc2ccccc2)c1=O. The molecule has 0 radical (unpaired) electrons. The van der Waals surface area contributed by atoms with E-state index in [0.717, 1.165) is 17.7 Å². The highest BCUT2D eigenvalue weighted by molar-refractivity contribution is 7.99. The number of benzene rings is 2. The summed E-state index contributed by atoms with van der Waals surface area (Å²) in [5.74, 6) is 0. The molecule has 0 amide bonds. The van der Waals surface area contributed by atoms with Gasteiger partial charge in [-0.1, -0.05) is 60.3 Å². The Hall–Kier alpha value is -2.53. The largest absolute Gasteiger partial charge is 0.316 e. The molecule has 0 fully saturated rings. The molecule has 4 nitrogen and oxygen atoms in total. The third-order valence-corrected chi connectivity index (χ3v) is 4.58. The first-order valence-corrected chi connectivity index (χ1v) is 8.64. The number of hydrogen-bond acceptors (Lipinski definition) is 3. The number of aromatic amines is 1. The summed E-state index contributed by atoms with van der Waals surface area (Å²) in [6.07, 6.45) is 3.41. The predicted octanol–water partition coefficient (Wildman–Crippen LogP) is 3.32. The van der Waals surface area contributed by atoms with Crippen molar-refractivity contribution in [3.05, 3.63) is 93.1 Å². The quantitative estimate of drug-likeness (QED) is 0.702. The molecule has 3 aromatic rings. The molecule has 0 atom stereocenters. The Bertz CT molecular complexity index is 902. The lowest BCUT2D eigenvalue weighted by Crippen LogP contribution is -2.36. The normalized spacial score (nSPS) is 10.7. The first-order valence-electron chi connectivity index (χ1n) is 7.83. The zero-order valence-corrected chi connectivity index (χ0v) is 14.0. The zero-order chi connectivity index (χ0) is 16.8. The second-order valence-electron chi connectivity index (χ2n) is 5.45. The van der Waals surface area contributed by atoms with Crippen LogP contribution in [0.1, 0.15) is 12.0 Å². The van der Waals surface area contributed by atoms with E-state index in [0.29, 0.717) is 11.6 Å². The lowest BCUT2D eigenvalue weighted by atomic mass is 10.1. The lowest BCUT2D eigenvalue weighted by molar-refractivity contribution is 0.602. The minimum absolute atomic E-state index is 0.500. The fraction of sp³-hybridized carbons (Fsp3) is 0.158. The molecule has 1 heterocycles. The summed E-state index contributed by atoms with van der Waals surface area (Å²) < 4.78 is 1.51. The minimum atomic E-state index is -0.573. The highest BCUT2D eigenvalue weighted by Crippen LogP contribution is 2.24. The summed E-state index contributed by atoms with van der Waals surface area (Å²) in [6, 6.07) is 19.9. The van der Waals surface area contributed by atoms with Crippen molar-refractivity contribution in [3.8, 4) is 0 Å². The fourth-order valence-corrected chi connectivity index (χ4v) is 3.33. The van der Waals surface area contributed by atoms with E-state index in [4.69, 9.17) is 0 Å². The zero-order valence-electron chi connectivity index (χ0n) is 13.1. The monoisotopic (exact) mass is 338 g/mol. The average Bonchev–Trinajstić information content (AvgIpc) is 2.61. The molecule has 24 heavy (non-hydrogen) atoms. The Morgan fingerprint density at radius 1 is 0.917 bits per heavy atom. The van der Waals surface area contributed by atoms with Gasteiger partial charge >= 0.3 is 11.1 Å². The van der Waals surface area contributed by atoms with Crippen LogP contribution in [0.2, 0.25) is 0 Å². The highest BCUT2D eigenvalue weighted by atomic mass is 32.2. The van der Waals surface area contributed by atoms with E-state index in [1.54, 1.807) is 6.20 Å². The van der Waals surface area contributed by atoms with Gasteiger partial charge in [0.05, 0.1) is 5.03 Å². The summed E-state index contributed by atoms with van der Waals surface area (Å²) >= 11 is 1.44. The van der Waals surface area contributed by atoms with Gasteiger partial charge in [0.25, 0.3) is 0 Å². The third-order valence-electron chi connectivity index (χ3n) is 3.64. The maximum absolute atomic E-state index is 12.0. The van der Waals surface area contributed by atoms with Crippen LogP contribution < -0.4 is 11.1 Å². The summed E-state index contributed by atoms with van der Waals surface area (Å²) in [7, 11) is 0. The van der Waals surface area contributed by atoms with Gasteiger partial charge < -0.3 is 9.55 Å². The van der Waals surface area contributed by atoms with E-state index in [2.05, 4.69) is 17.1 Å². The van der Waals surface area contributed by atoms with E-state index in [1.165, 1.54) is 21.9 Å². The smallest absolute Gasteiger partial charge is 0.311 e. The van der Waals surface area contributed by atoms with E-state index >= 15 is 0 Å². The van der Waals surface area contributed by atoms with Crippen molar-refractivity contribution in [1.29, 1.82) is 0 Å². The van der Waals surface area contributed by atoms with E-state index in [1.807, 2.05) is 48.5 Å². The van der Waals surface area contributed by atoms with Gasteiger partial charge in [0, 0.05) is 17.6 Å². The molecule has 1 N–H and O–H groups in total. The third kappa shape index (κ3) is 4.26. The maximum atomic E-state index is 12.0. The van der Waals surface area contributed by atoms with Crippen LogP contribution in [-0.4, -0.2) is 9.55 Å². The van der Waals surface area contributed by atoms with Crippen LogP contribution in [0.4, 0.5) is 0 Å². The Balaban J connectivity index is 1.72. The minimum Gasteiger partial charge on any atom is -0.311 e. The van der Waals surface area contributed by atoms with Crippen LogP contribution in [0.3, 0.4) is 0 Å². The number of H-pyrrole nitrogens is 1. The first-order chi connectivity index (χ1) is 11.7. The Labute approximate surface area is 144 Å². The van der Waals surface area contributed by atoms with Gasteiger partial charge in [0.15, 0.2) is 0 Å². The van der Waals surface area contributed by atoms with Gasteiger partial charge in [0.2, 0.25) is 0 Å². The summed E-state index contributed by atoms with van der Waals surface area (Å²) in [4.78, 5) is 27.6. The van der Waals surface area contributed by atoms with Gasteiger partial charge in [-0.3, -0.25) is 9.59 Å². The van der Waals surface area contributed by atoms with Crippen molar-refractivity contribution in [2.24, 2.45) is 0 Å². The molecule has 0 spiro atoms. The van der Waals surface area contributed by atoms with E-state index in [-0.39, 0.29) is 0 Å². The number of aryl methyl sites for hydroxylation is 2. The van der Waals surface area contributed by atoms with Crippen molar-refractivity contribution in [3.63, 3.8) is 0 Å². The van der Waals surface area contributed by atoms with Crippen LogP contribution in [-0.2, 0) is 13.0 Å². The molecular weight excluding hydrogens is 320 g/mol. The average molecular weight is 338 g/mol. The molecule has 0 aliphatic carbocycles. The van der Waals surface area contributed by atoms with Crippen LogP contribution in [0.15, 0.2) is 86.4 Å². The second kappa shape index (κ2) is 7.84. The Kier molecular flexibility index (Phi) is 5.33. The molecular formula is C19H18N2O2S. The molecule has 2 aromatic carbocycles. The molecule has 3 rings (SSSR count). The van der Waals surface area contributed by atoms with Crippen LogP contribution in [0.5, 0.6) is 0 Å². The van der Waals surface area contributed by atoms with Gasteiger partial charge in [-0.15, -0.1) is 0 Å². The van der Waals surface area contributed by atoms with Crippen LogP contribution >= 0.6 is 11.8 Å². The first kappa shape index (κ1) is 16.3. The molecule has 0 saturated heterocycles. The maximum Gasteiger partial charge on any atom is 0.316 e. The van der Waals surface area contributed by atoms with Crippen molar-refractivity contribution in [2.45, 2.75) is 29.3 Å². The molecule has 122 valence electrons. The molecule has 0 bridgehead atoms. The molecule has 5 heteroatoms. The molecule has 0 saturated carbocycles. The number of hydrogen-bond donors (Lipinski definition) is 1. The summed E-state index contributed by atoms with van der Waals surface area (Å²) in [6.45, 7) is 0.528. The lowest BCUT2D eigenvalue weighted by Gasteiger charge is -2.08. The number of nitrogens with one attached hydrogen (secondary N) is 1. The van der Waals surface area contributed by atoms with Gasteiger partial charge in [-0.25, -0.2) is 0 Å². The summed E-state index contributed by atoms with van der Waals surface area (Å²) in [5.41, 5.74) is 0.158. The van der Waals surface area contributed by atoms with Crippen molar-refractivity contribution < 1.29 is 0 Å². The Morgan fingerprint density at radius 3 is 2.29 bits per heavy atom. The summed E-state index contributed by atoms with van der Waals surface area (Å²) in [5, 5.41) is 0.672. The molecule has 0 unspecified atom stereocenters. The van der Waals surface area contributed by atoms with Crippen molar-refractivity contribution >= 4 is 11.8 Å². The van der Waals surface area contributed by atoms with Gasteiger partial charge in [0.1, 0.15) is 0 Å². The fourth-order valence-electron chi connectivity index (χ4n) is 2.46. The highest BCUT2D eigenvalue weighted by Gasteiger charge is 2.06. The predicted molar refractivity (Wildman–Crippen MR) is 96.7 cm³/mol. The van der Waals surface area contributed by atoms with Gasteiger partial charge in [-0.05, 0) is 30.5 Å². The second-order valence-corrected chi connectivity index (χ2v) is 6.57. The Morgan fingerprint density at radius 2 is 1.58 bits per heavy atom. The number of aromatic nitrogens is 2. The number of rotatable bonds is 6. The number of nitrogens with zero attached hydrogens (tertiary/aromatic N) is 1.